The molecule has 0 aliphatic carbocycles. The molecule has 0 bridgehead atoms. The van der Waals surface area contributed by atoms with Gasteiger partial charge in [-0.1, -0.05) is 67.6 Å². The van der Waals surface area contributed by atoms with Crippen LogP contribution < -0.4 is 0 Å². The van der Waals surface area contributed by atoms with Crippen molar-refractivity contribution < 1.29 is 14.3 Å². The average Bonchev–Trinajstić information content (AvgIpc) is 2.62. The molecule has 0 aromatic heterocycles. The second kappa shape index (κ2) is 9.02. The molecular formula is C21H24O3. The molecule has 3 nitrogen and oxygen atoms in total. The van der Waals surface area contributed by atoms with Crippen molar-refractivity contribution in [2.75, 3.05) is 7.11 Å². The summed E-state index contributed by atoms with van der Waals surface area (Å²) in [5.74, 6) is -0.761. The van der Waals surface area contributed by atoms with Gasteiger partial charge in [-0.3, -0.25) is 9.59 Å². The number of hydrogen-bond donors (Lipinski definition) is 0. The van der Waals surface area contributed by atoms with Crippen molar-refractivity contribution >= 4 is 11.8 Å². The van der Waals surface area contributed by atoms with Crippen molar-refractivity contribution in [2.24, 2.45) is 11.8 Å². The van der Waals surface area contributed by atoms with E-state index in [9.17, 15) is 9.59 Å². The first-order chi connectivity index (χ1) is 11.6. The molecule has 2 aromatic rings. The Bertz CT molecular complexity index is 649. The molecule has 0 spiro atoms. The Balaban J connectivity index is 2.00. The fraction of sp³-hybridized carbons (Fsp3) is 0.333. The van der Waals surface area contributed by atoms with Crippen LogP contribution in [-0.4, -0.2) is 18.9 Å². The number of ether oxygens (including phenoxy) is 1. The van der Waals surface area contributed by atoms with Gasteiger partial charge in [0.1, 0.15) is 5.78 Å². The maximum atomic E-state index is 12.6. The monoisotopic (exact) mass is 324 g/mol. The third kappa shape index (κ3) is 5.34. The highest BCUT2D eigenvalue weighted by molar-refractivity contribution is 5.86. The number of rotatable bonds is 8. The fourth-order valence-electron chi connectivity index (χ4n) is 2.83. The van der Waals surface area contributed by atoms with Gasteiger partial charge in [0, 0.05) is 12.3 Å². The van der Waals surface area contributed by atoms with E-state index in [1.165, 1.54) is 7.11 Å². The molecule has 0 heterocycles. The third-order valence-corrected chi connectivity index (χ3v) is 4.24. The van der Waals surface area contributed by atoms with Gasteiger partial charge < -0.3 is 4.74 Å². The molecule has 0 unspecified atom stereocenters. The second-order valence-electron chi connectivity index (χ2n) is 6.17. The average molecular weight is 324 g/mol. The lowest BCUT2D eigenvalue weighted by molar-refractivity contribution is -0.147. The number of ketones is 1. The highest BCUT2D eigenvalue weighted by atomic mass is 16.5. The molecule has 2 atom stereocenters. The van der Waals surface area contributed by atoms with E-state index in [-0.39, 0.29) is 24.1 Å². The number of esters is 1. The minimum absolute atomic E-state index is 0.102. The molecule has 0 saturated heterocycles. The number of Topliss-reactive ketones (excluding diaryl/α,β-unsaturated/α-hetero) is 1. The molecule has 3 heteroatoms. The molecule has 0 fully saturated rings. The van der Waals surface area contributed by atoms with Crippen LogP contribution in [-0.2, 0) is 27.2 Å². The number of methoxy groups -OCH3 is 1. The predicted molar refractivity (Wildman–Crippen MR) is 94.6 cm³/mol. The maximum absolute atomic E-state index is 12.6. The van der Waals surface area contributed by atoms with Gasteiger partial charge in [-0.15, -0.1) is 0 Å². The van der Waals surface area contributed by atoms with Gasteiger partial charge in [-0.2, -0.15) is 0 Å². The zero-order chi connectivity index (χ0) is 17.4. The Labute approximate surface area is 143 Å². The minimum atomic E-state index is -0.428. The standard InChI is InChI=1S/C21H24O3/c1-16(13-17-9-5-3-6-10-17)20(22)15-19(21(23)24-2)14-18-11-7-4-8-12-18/h3-12,16,19H,13-15H2,1-2H3/t16-,19+/m0/s1. The van der Waals surface area contributed by atoms with E-state index in [1.54, 1.807) is 0 Å². The smallest absolute Gasteiger partial charge is 0.309 e. The Kier molecular flexibility index (Phi) is 6.74. The van der Waals surface area contributed by atoms with Gasteiger partial charge in [0.05, 0.1) is 13.0 Å². The van der Waals surface area contributed by atoms with Crippen molar-refractivity contribution in [2.45, 2.75) is 26.2 Å². The van der Waals surface area contributed by atoms with E-state index in [1.807, 2.05) is 67.6 Å². The predicted octanol–water partition coefficient (Wildman–Crippen LogP) is 3.86. The minimum Gasteiger partial charge on any atom is -0.469 e. The second-order valence-corrected chi connectivity index (χ2v) is 6.17. The lowest BCUT2D eigenvalue weighted by Crippen LogP contribution is -2.25. The summed E-state index contributed by atoms with van der Waals surface area (Å²) in [6, 6.07) is 19.7. The Morgan fingerprint density at radius 1 is 0.875 bits per heavy atom. The summed E-state index contributed by atoms with van der Waals surface area (Å²) in [6.45, 7) is 1.92. The first-order valence-corrected chi connectivity index (χ1v) is 8.28. The summed E-state index contributed by atoms with van der Waals surface area (Å²) in [5.41, 5.74) is 2.17. The third-order valence-electron chi connectivity index (χ3n) is 4.24. The van der Waals surface area contributed by atoms with Crippen molar-refractivity contribution in [3.8, 4) is 0 Å². The number of carbonyl (C=O) groups excluding carboxylic acids is 2. The molecule has 0 radical (unpaired) electrons. The fourth-order valence-corrected chi connectivity index (χ4v) is 2.83. The molecular weight excluding hydrogens is 300 g/mol. The highest BCUT2D eigenvalue weighted by Crippen LogP contribution is 2.19. The van der Waals surface area contributed by atoms with E-state index >= 15 is 0 Å². The molecule has 24 heavy (non-hydrogen) atoms. The zero-order valence-corrected chi connectivity index (χ0v) is 14.3. The summed E-state index contributed by atoms with van der Waals surface area (Å²) in [7, 11) is 1.37. The van der Waals surface area contributed by atoms with E-state index in [0.717, 1.165) is 11.1 Å². The molecule has 0 N–H and O–H groups in total. The highest BCUT2D eigenvalue weighted by Gasteiger charge is 2.25. The molecule has 0 aliphatic heterocycles. The number of benzene rings is 2. The quantitative estimate of drug-likeness (QED) is 0.693. The molecule has 126 valence electrons. The number of carbonyl (C=O) groups is 2. The molecule has 0 amide bonds. The van der Waals surface area contributed by atoms with E-state index in [2.05, 4.69) is 0 Å². The van der Waals surface area contributed by atoms with Gasteiger partial charge in [-0.25, -0.2) is 0 Å². The zero-order valence-electron chi connectivity index (χ0n) is 14.3. The largest absolute Gasteiger partial charge is 0.469 e. The Morgan fingerprint density at radius 2 is 1.38 bits per heavy atom. The summed E-state index contributed by atoms with van der Waals surface area (Å²) >= 11 is 0. The van der Waals surface area contributed by atoms with E-state index in [4.69, 9.17) is 4.74 Å². The molecule has 0 aliphatic rings. The summed E-state index contributed by atoms with van der Waals surface area (Å²) < 4.78 is 4.89. The van der Waals surface area contributed by atoms with Crippen LogP contribution in [0.5, 0.6) is 0 Å². The Morgan fingerprint density at radius 3 is 1.88 bits per heavy atom. The molecule has 2 rings (SSSR count). The van der Waals surface area contributed by atoms with Crippen LogP contribution in [0.1, 0.15) is 24.5 Å². The van der Waals surface area contributed by atoms with E-state index < -0.39 is 5.92 Å². The molecule has 2 aromatic carbocycles. The first-order valence-electron chi connectivity index (χ1n) is 8.28. The first kappa shape index (κ1) is 17.9. The Hall–Kier alpha value is -2.42. The van der Waals surface area contributed by atoms with Gasteiger partial charge in [0.2, 0.25) is 0 Å². The SMILES string of the molecule is COC(=O)[C@@H](CC(=O)[C@@H](C)Cc1ccccc1)Cc1ccccc1. The summed E-state index contributed by atoms with van der Waals surface area (Å²) in [4.78, 5) is 24.6. The van der Waals surface area contributed by atoms with E-state index in [0.29, 0.717) is 12.8 Å². The van der Waals surface area contributed by atoms with Gasteiger partial charge >= 0.3 is 5.97 Å². The lowest BCUT2D eigenvalue weighted by atomic mass is 9.88. The topological polar surface area (TPSA) is 43.4 Å². The molecule has 0 saturated carbocycles. The van der Waals surface area contributed by atoms with Crippen LogP contribution in [0.2, 0.25) is 0 Å². The van der Waals surface area contributed by atoms with Gasteiger partial charge in [0.25, 0.3) is 0 Å². The lowest BCUT2D eigenvalue weighted by Gasteiger charge is -2.17. The summed E-state index contributed by atoms with van der Waals surface area (Å²) in [5, 5.41) is 0. The van der Waals surface area contributed by atoms with Gasteiger partial charge in [0.15, 0.2) is 0 Å². The van der Waals surface area contributed by atoms with Crippen LogP contribution in [0, 0.1) is 11.8 Å². The van der Waals surface area contributed by atoms with Crippen molar-refractivity contribution in [1.82, 2.24) is 0 Å². The van der Waals surface area contributed by atoms with Crippen LogP contribution >= 0.6 is 0 Å². The number of hydrogen-bond acceptors (Lipinski definition) is 3. The van der Waals surface area contributed by atoms with Crippen LogP contribution in [0.15, 0.2) is 60.7 Å². The maximum Gasteiger partial charge on any atom is 0.309 e. The normalized spacial score (nSPS) is 13.1. The van der Waals surface area contributed by atoms with Crippen LogP contribution in [0.3, 0.4) is 0 Å². The van der Waals surface area contributed by atoms with Crippen LogP contribution in [0.4, 0.5) is 0 Å². The van der Waals surface area contributed by atoms with Crippen molar-refractivity contribution in [3.63, 3.8) is 0 Å². The van der Waals surface area contributed by atoms with Crippen LogP contribution in [0.25, 0.3) is 0 Å². The van der Waals surface area contributed by atoms with Crippen molar-refractivity contribution in [3.05, 3.63) is 71.8 Å². The summed E-state index contributed by atoms with van der Waals surface area (Å²) in [6.07, 6.45) is 1.44. The van der Waals surface area contributed by atoms with Crippen molar-refractivity contribution in [1.29, 1.82) is 0 Å². The van der Waals surface area contributed by atoms with Gasteiger partial charge in [-0.05, 0) is 24.0 Å².